The summed E-state index contributed by atoms with van der Waals surface area (Å²) in [4.78, 5) is 21.8. The van der Waals surface area contributed by atoms with Crippen LogP contribution in [0.3, 0.4) is 0 Å². The smallest absolute Gasteiger partial charge is 0.224 e. The number of anilines is 2. The van der Waals surface area contributed by atoms with Crippen molar-refractivity contribution < 1.29 is 4.79 Å². The van der Waals surface area contributed by atoms with Crippen LogP contribution in [0.4, 0.5) is 11.5 Å². The monoisotopic (exact) mass is 437 g/mol. The Kier molecular flexibility index (Phi) is 7.42. The number of amides is 1. The van der Waals surface area contributed by atoms with Crippen LogP contribution in [0.2, 0.25) is 0 Å². The number of carbonyl (C=O) groups is 1. The van der Waals surface area contributed by atoms with Gasteiger partial charge in [0, 0.05) is 43.6 Å². The third-order valence-electron chi connectivity index (χ3n) is 6.40. The van der Waals surface area contributed by atoms with Crippen molar-refractivity contribution >= 4 is 17.4 Å². The van der Waals surface area contributed by atoms with Gasteiger partial charge in [-0.3, -0.25) is 9.78 Å². The highest BCUT2D eigenvalue weighted by atomic mass is 16.1. The summed E-state index contributed by atoms with van der Waals surface area (Å²) in [6.07, 6.45) is 6.88. The molecule has 2 unspecified atom stereocenters. The number of hydrogen-bond donors (Lipinski definition) is 3. The van der Waals surface area contributed by atoms with Gasteiger partial charge in [0.05, 0.1) is 12.1 Å². The summed E-state index contributed by atoms with van der Waals surface area (Å²) in [5, 5.41) is 10.1. The predicted molar refractivity (Wildman–Crippen MR) is 132 cm³/mol. The van der Waals surface area contributed by atoms with Crippen LogP contribution in [0, 0.1) is 10.8 Å². The molecule has 1 saturated carbocycles. The minimum Gasteiger partial charge on any atom is -0.382 e. The summed E-state index contributed by atoms with van der Waals surface area (Å²) >= 11 is 0. The molecule has 1 amide bonds. The first-order valence-corrected chi connectivity index (χ1v) is 11.7. The number of aromatic nitrogens is 2. The van der Waals surface area contributed by atoms with Gasteiger partial charge in [-0.25, -0.2) is 4.98 Å². The molecule has 6 nitrogen and oxygen atoms in total. The van der Waals surface area contributed by atoms with E-state index in [0.29, 0.717) is 12.3 Å². The van der Waals surface area contributed by atoms with Crippen molar-refractivity contribution in [1.82, 2.24) is 15.3 Å². The van der Waals surface area contributed by atoms with Crippen LogP contribution in [0.1, 0.15) is 71.1 Å². The second kappa shape index (κ2) is 9.88. The van der Waals surface area contributed by atoms with E-state index in [2.05, 4.69) is 67.7 Å². The standard InChI is InChI=1S/C26H39N5O/c1-25(2,3)17-29-21-10-9-20(30-24(21)27-6)19-11-12-26(4,5)22(15-19)31-23(32)14-18-8-7-13-28-16-18/h7-10,13,16,19,22,29H,11-12,14-15,17H2,1-6H3,(H,27,30)(H,31,32). The minimum atomic E-state index is 0.0567. The van der Waals surface area contributed by atoms with Crippen LogP contribution < -0.4 is 16.0 Å². The summed E-state index contributed by atoms with van der Waals surface area (Å²) < 4.78 is 0. The van der Waals surface area contributed by atoms with Crippen LogP contribution >= 0.6 is 0 Å². The molecule has 0 spiro atoms. The van der Waals surface area contributed by atoms with Gasteiger partial charge >= 0.3 is 0 Å². The Labute approximate surface area is 193 Å². The number of nitrogens with zero attached hydrogens (tertiary/aromatic N) is 2. The molecule has 2 aromatic heterocycles. The van der Waals surface area contributed by atoms with E-state index in [1.807, 2.05) is 19.2 Å². The maximum atomic E-state index is 12.7. The highest BCUT2D eigenvalue weighted by molar-refractivity contribution is 5.78. The molecule has 1 aliphatic rings. The summed E-state index contributed by atoms with van der Waals surface area (Å²) in [7, 11) is 1.92. The van der Waals surface area contributed by atoms with Crippen LogP contribution in [0.25, 0.3) is 0 Å². The Bertz CT molecular complexity index is 904. The van der Waals surface area contributed by atoms with E-state index in [-0.39, 0.29) is 22.8 Å². The lowest BCUT2D eigenvalue weighted by Gasteiger charge is -2.42. The molecular formula is C26H39N5O. The second-order valence-corrected chi connectivity index (χ2v) is 10.9. The lowest BCUT2D eigenvalue weighted by atomic mass is 9.68. The van der Waals surface area contributed by atoms with Crippen LogP contribution in [0.15, 0.2) is 36.7 Å². The number of hydrogen-bond acceptors (Lipinski definition) is 5. The SMILES string of the molecule is CNc1nc(C2CCC(C)(C)C(NC(=O)Cc3cccnc3)C2)ccc1NCC(C)(C)C. The maximum absolute atomic E-state index is 12.7. The fraction of sp³-hybridized carbons (Fsp3) is 0.577. The van der Waals surface area contributed by atoms with E-state index in [0.717, 1.165) is 48.6 Å². The molecule has 0 radical (unpaired) electrons. The summed E-state index contributed by atoms with van der Waals surface area (Å²) in [6.45, 7) is 12.0. The largest absolute Gasteiger partial charge is 0.382 e. The van der Waals surface area contributed by atoms with Gasteiger partial charge in [0.25, 0.3) is 0 Å². The van der Waals surface area contributed by atoms with Crippen LogP contribution in [0.5, 0.6) is 0 Å². The van der Waals surface area contributed by atoms with E-state index in [1.54, 1.807) is 12.4 Å². The summed E-state index contributed by atoms with van der Waals surface area (Å²) in [6, 6.07) is 8.21. The van der Waals surface area contributed by atoms with Gasteiger partial charge in [0.15, 0.2) is 0 Å². The zero-order valence-corrected chi connectivity index (χ0v) is 20.5. The molecular weight excluding hydrogens is 398 g/mol. The van der Waals surface area contributed by atoms with Crippen molar-refractivity contribution in [2.45, 2.75) is 72.3 Å². The molecule has 0 bridgehead atoms. The maximum Gasteiger partial charge on any atom is 0.224 e. The molecule has 32 heavy (non-hydrogen) atoms. The average molecular weight is 438 g/mol. The fourth-order valence-electron chi connectivity index (χ4n) is 4.29. The van der Waals surface area contributed by atoms with Crippen LogP contribution in [-0.2, 0) is 11.2 Å². The lowest BCUT2D eigenvalue weighted by Crippen LogP contribution is -2.48. The Morgan fingerprint density at radius 3 is 2.66 bits per heavy atom. The Morgan fingerprint density at radius 1 is 1.22 bits per heavy atom. The molecule has 1 aliphatic carbocycles. The molecule has 0 aromatic carbocycles. The minimum absolute atomic E-state index is 0.0567. The molecule has 0 aliphatic heterocycles. The first-order chi connectivity index (χ1) is 15.1. The van der Waals surface area contributed by atoms with Crippen molar-refractivity contribution in [1.29, 1.82) is 0 Å². The third kappa shape index (κ3) is 6.44. The Hall–Kier alpha value is -2.63. The summed E-state index contributed by atoms with van der Waals surface area (Å²) in [5.41, 5.74) is 3.32. The van der Waals surface area contributed by atoms with Gasteiger partial charge in [-0.1, -0.05) is 40.7 Å². The molecule has 3 rings (SSSR count). The van der Waals surface area contributed by atoms with E-state index < -0.39 is 0 Å². The topological polar surface area (TPSA) is 78.9 Å². The third-order valence-corrected chi connectivity index (χ3v) is 6.40. The molecule has 2 aromatic rings. The molecule has 1 fully saturated rings. The quantitative estimate of drug-likeness (QED) is 0.568. The van der Waals surface area contributed by atoms with E-state index in [4.69, 9.17) is 4.98 Å². The van der Waals surface area contributed by atoms with Gasteiger partial charge in [-0.2, -0.15) is 0 Å². The molecule has 6 heteroatoms. The zero-order valence-electron chi connectivity index (χ0n) is 20.5. The molecule has 3 N–H and O–H groups in total. The van der Waals surface area contributed by atoms with E-state index in [1.165, 1.54) is 0 Å². The number of rotatable bonds is 7. The van der Waals surface area contributed by atoms with Gasteiger partial charge in [-0.15, -0.1) is 0 Å². The van der Waals surface area contributed by atoms with Crippen molar-refractivity contribution in [3.8, 4) is 0 Å². The first-order valence-electron chi connectivity index (χ1n) is 11.7. The first kappa shape index (κ1) is 24.0. The van der Waals surface area contributed by atoms with Gasteiger partial charge in [-0.05, 0) is 53.9 Å². The van der Waals surface area contributed by atoms with Gasteiger partial charge < -0.3 is 16.0 Å². The van der Waals surface area contributed by atoms with Crippen LogP contribution in [-0.4, -0.2) is 35.5 Å². The average Bonchev–Trinajstić information content (AvgIpc) is 2.73. The normalized spacial score (nSPS) is 20.4. The predicted octanol–water partition coefficient (Wildman–Crippen LogP) is 5.00. The van der Waals surface area contributed by atoms with Crippen molar-refractivity contribution in [2.75, 3.05) is 24.2 Å². The highest BCUT2D eigenvalue weighted by Crippen LogP contribution is 2.43. The van der Waals surface area contributed by atoms with Crippen molar-refractivity contribution in [2.24, 2.45) is 10.8 Å². The second-order valence-electron chi connectivity index (χ2n) is 10.9. The highest BCUT2D eigenvalue weighted by Gasteiger charge is 2.38. The number of nitrogens with one attached hydrogen (secondary N) is 3. The number of carbonyl (C=O) groups excluding carboxylic acids is 1. The Balaban J connectivity index is 1.70. The molecule has 0 saturated heterocycles. The Morgan fingerprint density at radius 2 is 2.00 bits per heavy atom. The molecule has 2 atom stereocenters. The van der Waals surface area contributed by atoms with E-state index in [9.17, 15) is 4.79 Å². The van der Waals surface area contributed by atoms with Crippen molar-refractivity contribution in [3.63, 3.8) is 0 Å². The van der Waals surface area contributed by atoms with Gasteiger partial charge in [0.2, 0.25) is 5.91 Å². The van der Waals surface area contributed by atoms with Crippen molar-refractivity contribution in [3.05, 3.63) is 47.9 Å². The van der Waals surface area contributed by atoms with Gasteiger partial charge in [0.1, 0.15) is 5.82 Å². The lowest BCUT2D eigenvalue weighted by molar-refractivity contribution is -0.122. The molecule has 174 valence electrons. The zero-order chi connectivity index (χ0) is 23.4. The molecule has 2 heterocycles. The van der Waals surface area contributed by atoms with E-state index >= 15 is 0 Å². The fourth-order valence-corrected chi connectivity index (χ4v) is 4.29. The number of pyridine rings is 2. The summed E-state index contributed by atoms with van der Waals surface area (Å²) in [5.74, 6) is 1.27.